The summed E-state index contributed by atoms with van der Waals surface area (Å²) in [6, 6.07) is 1.92. The van der Waals surface area contributed by atoms with Crippen LogP contribution in [0, 0.1) is 0 Å². The Morgan fingerprint density at radius 2 is 2.37 bits per heavy atom. The molecule has 4 nitrogen and oxygen atoms in total. The number of hydrogen-bond donors (Lipinski definition) is 2. The number of aryl methyl sites for hydroxylation is 1. The number of amides is 1. The number of rotatable bonds is 5. The fourth-order valence-corrected chi connectivity index (χ4v) is 4.40. The van der Waals surface area contributed by atoms with Gasteiger partial charge in [-0.05, 0) is 42.5 Å². The quantitative estimate of drug-likeness (QED) is 0.876. The third-order valence-corrected chi connectivity index (χ3v) is 5.33. The van der Waals surface area contributed by atoms with E-state index in [2.05, 4.69) is 5.32 Å². The molecule has 0 fully saturated rings. The summed E-state index contributed by atoms with van der Waals surface area (Å²) >= 11 is 3.37. The minimum Gasteiger partial charge on any atom is -0.481 e. The maximum atomic E-state index is 12.2. The molecule has 2 rings (SSSR count). The molecular weight excluding hydrogens is 282 g/mol. The van der Waals surface area contributed by atoms with Crippen LogP contribution < -0.4 is 5.32 Å². The van der Waals surface area contributed by atoms with Crippen molar-refractivity contribution in [1.82, 2.24) is 5.32 Å². The van der Waals surface area contributed by atoms with Gasteiger partial charge in [0.2, 0.25) is 5.91 Å². The number of nitrogens with one attached hydrogen (secondary N) is 1. The largest absolute Gasteiger partial charge is 0.481 e. The second-order valence-corrected chi connectivity index (χ2v) is 6.86. The number of fused-ring (bicyclic) bond motifs is 1. The molecule has 1 aliphatic rings. The van der Waals surface area contributed by atoms with E-state index in [9.17, 15) is 9.59 Å². The minimum absolute atomic E-state index is 0.00207. The van der Waals surface area contributed by atoms with Gasteiger partial charge in [0.1, 0.15) is 5.25 Å². The molecule has 0 saturated heterocycles. The van der Waals surface area contributed by atoms with E-state index >= 15 is 0 Å². The highest BCUT2D eigenvalue weighted by atomic mass is 32.2. The Morgan fingerprint density at radius 1 is 1.58 bits per heavy atom. The van der Waals surface area contributed by atoms with Gasteiger partial charge in [-0.15, -0.1) is 23.1 Å². The highest BCUT2D eigenvalue weighted by molar-refractivity contribution is 8.00. The van der Waals surface area contributed by atoms with Crippen molar-refractivity contribution in [3.05, 3.63) is 21.9 Å². The average Bonchev–Trinajstić information content (AvgIpc) is 2.84. The number of thiophene rings is 1. The van der Waals surface area contributed by atoms with E-state index in [0.717, 1.165) is 17.7 Å². The molecule has 2 N–H and O–H groups in total. The lowest BCUT2D eigenvalue weighted by molar-refractivity contribution is -0.137. The number of carbonyl (C=O) groups is 2. The SMILES string of the molecule is CC(CCC(=O)O)NC(=O)C1SCCc2sccc21. The lowest BCUT2D eigenvalue weighted by Crippen LogP contribution is -2.36. The van der Waals surface area contributed by atoms with Crippen molar-refractivity contribution in [2.75, 3.05) is 5.75 Å². The normalized spacial score (nSPS) is 19.5. The fourth-order valence-electron chi connectivity index (χ4n) is 2.09. The smallest absolute Gasteiger partial charge is 0.303 e. The van der Waals surface area contributed by atoms with Crippen LogP contribution in [0.3, 0.4) is 0 Å². The van der Waals surface area contributed by atoms with Gasteiger partial charge in [-0.3, -0.25) is 9.59 Å². The molecule has 19 heavy (non-hydrogen) atoms. The lowest BCUT2D eigenvalue weighted by Gasteiger charge is -2.23. The summed E-state index contributed by atoms with van der Waals surface area (Å²) in [5.41, 5.74) is 1.13. The van der Waals surface area contributed by atoms with Crippen LogP contribution in [0.15, 0.2) is 11.4 Å². The first kappa shape index (κ1) is 14.4. The first-order chi connectivity index (χ1) is 9.08. The standard InChI is InChI=1S/C13H17NO3S2/c1-8(2-3-11(15)16)14-13(17)12-9-4-6-18-10(9)5-7-19-12/h4,6,8,12H,2-3,5,7H2,1H3,(H,14,17)(H,15,16). The highest BCUT2D eigenvalue weighted by Crippen LogP contribution is 2.39. The molecule has 104 valence electrons. The number of aliphatic carboxylic acids is 1. The van der Waals surface area contributed by atoms with E-state index in [1.165, 1.54) is 4.88 Å². The van der Waals surface area contributed by atoms with Crippen LogP contribution in [-0.2, 0) is 16.0 Å². The molecule has 0 radical (unpaired) electrons. The molecule has 0 saturated carbocycles. The van der Waals surface area contributed by atoms with Crippen molar-refractivity contribution in [3.63, 3.8) is 0 Å². The van der Waals surface area contributed by atoms with Gasteiger partial charge >= 0.3 is 5.97 Å². The summed E-state index contributed by atoms with van der Waals surface area (Å²) in [7, 11) is 0. The van der Waals surface area contributed by atoms with Gasteiger partial charge < -0.3 is 10.4 Å². The number of carboxylic acid groups (broad SMARTS) is 1. The van der Waals surface area contributed by atoms with Crippen LogP contribution in [0.4, 0.5) is 0 Å². The molecule has 0 aliphatic carbocycles. The first-order valence-corrected chi connectivity index (χ1v) is 8.21. The number of thioether (sulfide) groups is 1. The number of carboxylic acids is 1. The molecule has 2 atom stereocenters. The third kappa shape index (κ3) is 3.73. The Hall–Kier alpha value is -1.01. The summed E-state index contributed by atoms with van der Waals surface area (Å²) < 4.78 is 0. The molecule has 0 aromatic carbocycles. The van der Waals surface area contributed by atoms with E-state index in [-0.39, 0.29) is 23.6 Å². The Bertz CT molecular complexity index is 472. The summed E-state index contributed by atoms with van der Waals surface area (Å²) in [6.45, 7) is 1.85. The summed E-state index contributed by atoms with van der Waals surface area (Å²) in [4.78, 5) is 24.0. The summed E-state index contributed by atoms with van der Waals surface area (Å²) in [5.74, 6) is 0.144. The Morgan fingerprint density at radius 3 is 3.11 bits per heavy atom. The van der Waals surface area contributed by atoms with Crippen molar-refractivity contribution < 1.29 is 14.7 Å². The van der Waals surface area contributed by atoms with Gasteiger partial charge in [0.25, 0.3) is 0 Å². The molecule has 2 unspecified atom stereocenters. The molecule has 2 heterocycles. The van der Waals surface area contributed by atoms with Gasteiger partial charge in [0.05, 0.1) is 0 Å². The van der Waals surface area contributed by atoms with E-state index in [4.69, 9.17) is 5.11 Å². The number of hydrogen-bond acceptors (Lipinski definition) is 4. The molecule has 1 aliphatic heterocycles. The highest BCUT2D eigenvalue weighted by Gasteiger charge is 2.28. The van der Waals surface area contributed by atoms with Crippen LogP contribution >= 0.6 is 23.1 Å². The predicted molar refractivity (Wildman–Crippen MR) is 77.7 cm³/mol. The second-order valence-electron chi connectivity index (χ2n) is 4.64. The van der Waals surface area contributed by atoms with Crippen molar-refractivity contribution in [3.8, 4) is 0 Å². The predicted octanol–water partition coefficient (Wildman–Crippen LogP) is 2.45. The monoisotopic (exact) mass is 299 g/mol. The molecule has 1 aromatic heterocycles. The van der Waals surface area contributed by atoms with E-state index in [1.807, 2.05) is 18.4 Å². The van der Waals surface area contributed by atoms with Gasteiger partial charge in [-0.1, -0.05) is 0 Å². The van der Waals surface area contributed by atoms with Crippen molar-refractivity contribution in [1.29, 1.82) is 0 Å². The molecule has 0 spiro atoms. The van der Waals surface area contributed by atoms with E-state index < -0.39 is 5.97 Å². The Kier molecular flexibility index (Phi) is 4.87. The van der Waals surface area contributed by atoms with Gasteiger partial charge in [-0.25, -0.2) is 0 Å². The molecule has 1 amide bonds. The van der Waals surface area contributed by atoms with Gasteiger partial charge in [0.15, 0.2) is 0 Å². The van der Waals surface area contributed by atoms with Gasteiger partial charge in [0, 0.05) is 17.3 Å². The minimum atomic E-state index is -0.826. The van der Waals surface area contributed by atoms with Crippen LogP contribution in [0.5, 0.6) is 0 Å². The van der Waals surface area contributed by atoms with E-state index in [0.29, 0.717) is 6.42 Å². The lowest BCUT2D eigenvalue weighted by atomic mass is 10.1. The Balaban J connectivity index is 1.93. The van der Waals surface area contributed by atoms with Crippen LogP contribution in [-0.4, -0.2) is 28.8 Å². The molecule has 0 bridgehead atoms. The molecule has 6 heteroatoms. The zero-order valence-corrected chi connectivity index (χ0v) is 12.4. The second kappa shape index (κ2) is 6.43. The zero-order chi connectivity index (χ0) is 13.8. The van der Waals surface area contributed by atoms with E-state index in [1.54, 1.807) is 23.1 Å². The zero-order valence-electron chi connectivity index (χ0n) is 10.7. The van der Waals surface area contributed by atoms with Crippen molar-refractivity contribution in [2.24, 2.45) is 0 Å². The van der Waals surface area contributed by atoms with Crippen LogP contribution in [0.25, 0.3) is 0 Å². The summed E-state index contributed by atoms with van der Waals surface area (Å²) in [5, 5.41) is 13.4. The topological polar surface area (TPSA) is 66.4 Å². The first-order valence-electron chi connectivity index (χ1n) is 6.28. The van der Waals surface area contributed by atoms with Crippen molar-refractivity contribution in [2.45, 2.75) is 37.5 Å². The van der Waals surface area contributed by atoms with Crippen molar-refractivity contribution >= 4 is 35.0 Å². The summed E-state index contributed by atoms with van der Waals surface area (Å²) in [6.07, 6.45) is 1.59. The third-order valence-electron chi connectivity index (χ3n) is 3.09. The Labute approximate surface area is 120 Å². The van der Waals surface area contributed by atoms with Crippen LogP contribution in [0.1, 0.15) is 35.5 Å². The average molecular weight is 299 g/mol. The maximum Gasteiger partial charge on any atom is 0.303 e. The van der Waals surface area contributed by atoms with Crippen LogP contribution in [0.2, 0.25) is 0 Å². The van der Waals surface area contributed by atoms with Gasteiger partial charge in [-0.2, -0.15) is 0 Å². The fraction of sp³-hybridized carbons (Fsp3) is 0.538. The number of carbonyl (C=O) groups excluding carboxylic acids is 1. The molecular formula is C13H17NO3S2. The maximum absolute atomic E-state index is 12.2. The molecule has 1 aromatic rings.